The zero-order chi connectivity index (χ0) is 12.6. The van der Waals surface area contributed by atoms with Crippen LogP contribution in [-0.4, -0.2) is 17.8 Å². The minimum absolute atomic E-state index is 0.0434. The van der Waals surface area contributed by atoms with Crippen molar-refractivity contribution in [1.29, 1.82) is 0 Å². The molecule has 0 aliphatic heterocycles. The maximum absolute atomic E-state index is 9.34. The largest absolute Gasteiger partial charge is 0.394 e. The summed E-state index contributed by atoms with van der Waals surface area (Å²) in [4.78, 5) is 0. The molecule has 18 heavy (non-hydrogen) atoms. The van der Waals surface area contributed by atoms with E-state index in [2.05, 4.69) is 12.1 Å². The molecule has 0 saturated carbocycles. The van der Waals surface area contributed by atoms with Crippen LogP contribution in [0.1, 0.15) is 11.1 Å². The van der Waals surface area contributed by atoms with Gasteiger partial charge in [0.2, 0.25) is 0 Å². The van der Waals surface area contributed by atoms with Gasteiger partial charge in [-0.3, -0.25) is 0 Å². The van der Waals surface area contributed by atoms with E-state index in [9.17, 15) is 5.11 Å². The molecule has 0 aliphatic rings. The van der Waals surface area contributed by atoms with E-state index >= 15 is 0 Å². The summed E-state index contributed by atoms with van der Waals surface area (Å²) in [6.45, 7) is 0.584. The minimum atomic E-state index is -0.146. The SMILES string of the molecule is OC[C@@H](Cc1ccccc1)OCc1ccccc1. The normalized spacial score (nSPS) is 12.3. The molecule has 0 heterocycles. The molecular formula is C16H18O2. The molecule has 2 heteroatoms. The fourth-order valence-corrected chi connectivity index (χ4v) is 1.84. The van der Waals surface area contributed by atoms with Crippen molar-refractivity contribution in [3.63, 3.8) is 0 Å². The molecular weight excluding hydrogens is 224 g/mol. The molecule has 2 aromatic carbocycles. The molecule has 0 radical (unpaired) electrons. The van der Waals surface area contributed by atoms with Crippen LogP contribution in [0.4, 0.5) is 0 Å². The molecule has 2 aromatic rings. The van der Waals surface area contributed by atoms with Crippen molar-refractivity contribution >= 4 is 0 Å². The second kappa shape index (κ2) is 6.94. The van der Waals surface area contributed by atoms with Crippen LogP contribution < -0.4 is 0 Å². The number of rotatable bonds is 6. The lowest BCUT2D eigenvalue weighted by Crippen LogP contribution is -2.20. The average Bonchev–Trinajstić information content (AvgIpc) is 2.45. The van der Waals surface area contributed by atoms with Gasteiger partial charge in [0.05, 0.1) is 19.3 Å². The first-order valence-electron chi connectivity index (χ1n) is 6.19. The van der Waals surface area contributed by atoms with Crippen LogP contribution in [0.3, 0.4) is 0 Å². The highest BCUT2D eigenvalue weighted by molar-refractivity contribution is 5.16. The highest BCUT2D eigenvalue weighted by atomic mass is 16.5. The zero-order valence-corrected chi connectivity index (χ0v) is 10.3. The Kier molecular flexibility index (Phi) is 4.94. The molecule has 0 fully saturated rings. The molecule has 0 aromatic heterocycles. The lowest BCUT2D eigenvalue weighted by atomic mass is 10.1. The van der Waals surface area contributed by atoms with E-state index in [0.717, 1.165) is 12.0 Å². The first-order chi connectivity index (χ1) is 8.88. The first kappa shape index (κ1) is 12.8. The van der Waals surface area contributed by atoms with Gasteiger partial charge in [-0.25, -0.2) is 0 Å². The molecule has 2 nitrogen and oxygen atoms in total. The number of aliphatic hydroxyl groups excluding tert-OH is 1. The van der Waals surface area contributed by atoms with Gasteiger partial charge in [0, 0.05) is 6.42 Å². The molecule has 0 unspecified atom stereocenters. The van der Waals surface area contributed by atoms with Crippen LogP contribution in [0.5, 0.6) is 0 Å². The molecule has 2 rings (SSSR count). The Labute approximate surface area is 108 Å². The number of benzene rings is 2. The summed E-state index contributed by atoms with van der Waals surface area (Å²) in [5.41, 5.74) is 2.31. The zero-order valence-electron chi connectivity index (χ0n) is 10.3. The van der Waals surface area contributed by atoms with Crippen molar-refractivity contribution in [2.75, 3.05) is 6.61 Å². The van der Waals surface area contributed by atoms with Crippen molar-refractivity contribution in [3.05, 3.63) is 71.8 Å². The van der Waals surface area contributed by atoms with Gasteiger partial charge in [-0.1, -0.05) is 60.7 Å². The summed E-state index contributed by atoms with van der Waals surface area (Å²) < 4.78 is 5.73. The second-order valence-electron chi connectivity index (χ2n) is 4.29. The third-order valence-electron chi connectivity index (χ3n) is 2.84. The number of aliphatic hydroxyl groups is 1. The molecule has 0 spiro atoms. The van der Waals surface area contributed by atoms with E-state index in [1.807, 2.05) is 48.5 Å². The van der Waals surface area contributed by atoms with E-state index < -0.39 is 0 Å². The standard InChI is InChI=1S/C16H18O2/c17-12-16(11-14-7-3-1-4-8-14)18-13-15-9-5-2-6-10-15/h1-10,16-17H,11-13H2/t16-/m1/s1. The van der Waals surface area contributed by atoms with Crippen molar-refractivity contribution in [1.82, 2.24) is 0 Å². The van der Waals surface area contributed by atoms with Gasteiger partial charge in [-0.05, 0) is 11.1 Å². The highest BCUT2D eigenvalue weighted by Gasteiger charge is 2.08. The van der Waals surface area contributed by atoms with E-state index in [-0.39, 0.29) is 12.7 Å². The molecule has 94 valence electrons. The molecule has 1 N–H and O–H groups in total. The molecule has 0 aliphatic carbocycles. The van der Waals surface area contributed by atoms with E-state index in [4.69, 9.17) is 4.74 Å². The smallest absolute Gasteiger partial charge is 0.0850 e. The summed E-state index contributed by atoms with van der Waals surface area (Å²) in [6.07, 6.45) is 0.595. The minimum Gasteiger partial charge on any atom is -0.394 e. The van der Waals surface area contributed by atoms with Crippen molar-refractivity contribution < 1.29 is 9.84 Å². The fourth-order valence-electron chi connectivity index (χ4n) is 1.84. The number of hydrogen-bond acceptors (Lipinski definition) is 2. The summed E-state index contributed by atoms with van der Waals surface area (Å²) in [7, 11) is 0. The van der Waals surface area contributed by atoms with E-state index in [1.165, 1.54) is 5.56 Å². The lowest BCUT2D eigenvalue weighted by Gasteiger charge is -2.15. The van der Waals surface area contributed by atoms with Crippen molar-refractivity contribution in [3.8, 4) is 0 Å². The van der Waals surface area contributed by atoms with Gasteiger partial charge in [-0.15, -0.1) is 0 Å². The predicted molar refractivity (Wildman–Crippen MR) is 72.3 cm³/mol. The third-order valence-corrected chi connectivity index (χ3v) is 2.84. The summed E-state index contributed by atoms with van der Waals surface area (Å²) in [6, 6.07) is 20.1. The van der Waals surface area contributed by atoms with Gasteiger partial charge in [0.25, 0.3) is 0 Å². The lowest BCUT2D eigenvalue weighted by molar-refractivity contribution is 0.00317. The van der Waals surface area contributed by atoms with Crippen LogP contribution in [0.2, 0.25) is 0 Å². The average molecular weight is 242 g/mol. The van der Waals surface area contributed by atoms with E-state index in [1.54, 1.807) is 0 Å². The maximum atomic E-state index is 9.34. The molecule has 0 bridgehead atoms. The summed E-state index contributed by atoms with van der Waals surface area (Å²) in [5, 5.41) is 9.34. The summed E-state index contributed by atoms with van der Waals surface area (Å²) in [5.74, 6) is 0. The number of ether oxygens (including phenoxy) is 1. The number of hydrogen-bond donors (Lipinski definition) is 1. The molecule has 0 amide bonds. The fraction of sp³-hybridized carbons (Fsp3) is 0.250. The quantitative estimate of drug-likeness (QED) is 0.844. The van der Waals surface area contributed by atoms with Crippen molar-refractivity contribution in [2.45, 2.75) is 19.1 Å². The Balaban J connectivity index is 1.86. The molecule has 0 saturated heterocycles. The Morgan fingerprint density at radius 2 is 1.39 bits per heavy atom. The summed E-state index contributed by atoms with van der Waals surface area (Å²) >= 11 is 0. The Morgan fingerprint density at radius 1 is 0.833 bits per heavy atom. The van der Waals surface area contributed by atoms with Gasteiger partial charge < -0.3 is 9.84 Å². The first-order valence-corrected chi connectivity index (χ1v) is 6.19. The van der Waals surface area contributed by atoms with Crippen LogP contribution in [0.15, 0.2) is 60.7 Å². The van der Waals surface area contributed by atoms with Gasteiger partial charge in [-0.2, -0.15) is 0 Å². The predicted octanol–water partition coefficient (Wildman–Crippen LogP) is 2.81. The topological polar surface area (TPSA) is 29.5 Å². The Morgan fingerprint density at radius 3 is 1.94 bits per heavy atom. The van der Waals surface area contributed by atoms with Crippen LogP contribution >= 0.6 is 0 Å². The van der Waals surface area contributed by atoms with Crippen LogP contribution in [-0.2, 0) is 17.8 Å². The van der Waals surface area contributed by atoms with Crippen LogP contribution in [0, 0.1) is 0 Å². The maximum Gasteiger partial charge on any atom is 0.0850 e. The Hall–Kier alpha value is -1.64. The van der Waals surface area contributed by atoms with Gasteiger partial charge >= 0.3 is 0 Å². The highest BCUT2D eigenvalue weighted by Crippen LogP contribution is 2.09. The van der Waals surface area contributed by atoms with Gasteiger partial charge in [0.15, 0.2) is 0 Å². The van der Waals surface area contributed by atoms with Gasteiger partial charge in [0.1, 0.15) is 0 Å². The van der Waals surface area contributed by atoms with E-state index in [0.29, 0.717) is 6.61 Å². The molecule has 1 atom stereocenters. The van der Waals surface area contributed by atoms with Crippen LogP contribution in [0.25, 0.3) is 0 Å². The Bertz CT molecular complexity index is 439. The van der Waals surface area contributed by atoms with Crippen molar-refractivity contribution in [2.24, 2.45) is 0 Å². The second-order valence-corrected chi connectivity index (χ2v) is 4.29. The third kappa shape index (κ3) is 3.99. The monoisotopic (exact) mass is 242 g/mol.